The lowest BCUT2D eigenvalue weighted by molar-refractivity contribution is 0.228. The van der Waals surface area contributed by atoms with Gasteiger partial charge in [0.05, 0.1) is 17.7 Å². The van der Waals surface area contributed by atoms with E-state index in [4.69, 9.17) is 9.47 Å². The van der Waals surface area contributed by atoms with Crippen molar-refractivity contribution in [3.05, 3.63) is 52.5 Å². The number of hydrogen-bond acceptors (Lipinski definition) is 4. The minimum atomic E-state index is 0.0916. The van der Waals surface area contributed by atoms with Gasteiger partial charge in [0.2, 0.25) is 0 Å². The molecular formula is C17H21BrN2O2. The summed E-state index contributed by atoms with van der Waals surface area (Å²) in [6.07, 6.45) is 0.0916. The second-order valence-corrected chi connectivity index (χ2v) is 5.97. The Morgan fingerprint density at radius 3 is 2.50 bits per heavy atom. The van der Waals surface area contributed by atoms with Crippen molar-refractivity contribution in [3.8, 4) is 11.5 Å². The summed E-state index contributed by atoms with van der Waals surface area (Å²) in [4.78, 5) is 0. The van der Waals surface area contributed by atoms with Gasteiger partial charge in [-0.2, -0.15) is 0 Å². The first kappa shape index (κ1) is 16.6. The Labute approximate surface area is 139 Å². The zero-order chi connectivity index (χ0) is 15.9. The van der Waals surface area contributed by atoms with Gasteiger partial charge in [-0.15, -0.1) is 0 Å². The van der Waals surface area contributed by atoms with Crippen molar-refractivity contribution in [2.24, 2.45) is 0 Å². The molecule has 0 spiro atoms. The zero-order valence-electron chi connectivity index (χ0n) is 13.0. The van der Waals surface area contributed by atoms with Crippen molar-refractivity contribution in [2.75, 3.05) is 12.5 Å². The third kappa shape index (κ3) is 4.64. The van der Waals surface area contributed by atoms with Gasteiger partial charge < -0.3 is 14.9 Å². The Hall–Kier alpha value is -1.72. The minimum absolute atomic E-state index is 0.0916. The van der Waals surface area contributed by atoms with Gasteiger partial charge in [0.1, 0.15) is 0 Å². The van der Waals surface area contributed by atoms with Crippen LogP contribution in [-0.2, 0) is 6.54 Å². The van der Waals surface area contributed by atoms with E-state index in [-0.39, 0.29) is 6.10 Å². The van der Waals surface area contributed by atoms with Crippen LogP contribution in [0.5, 0.6) is 11.5 Å². The van der Waals surface area contributed by atoms with Crippen LogP contribution in [0.1, 0.15) is 19.4 Å². The van der Waals surface area contributed by atoms with Gasteiger partial charge in [0.25, 0.3) is 0 Å². The monoisotopic (exact) mass is 364 g/mol. The Balaban J connectivity index is 2.04. The second-order valence-electron chi connectivity index (χ2n) is 5.12. The number of hydrazine groups is 1. The van der Waals surface area contributed by atoms with Crippen LogP contribution < -0.4 is 20.3 Å². The lowest BCUT2D eigenvalue weighted by Crippen LogP contribution is -2.20. The maximum Gasteiger partial charge on any atom is 0.175 e. The number of nitrogens with one attached hydrogen (secondary N) is 2. The molecule has 0 aromatic heterocycles. The number of rotatable bonds is 7. The normalized spacial score (nSPS) is 10.6. The molecule has 2 N–H and O–H groups in total. The molecule has 0 aliphatic carbocycles. The van der Waals surface area contributed by atoms with E-state index in [0.717, 1.165) is 27.2 Å². The Morgan fingerprint density at radius 2 is 1.86 bits per heavy atom. The van der Waals surface area contributed by atoms with E-state index in [0.29, 0.717) is 6.54 Å². The van der Waals surface area contributed by atoms with Crippen molar-refractivity contribution < 1.29 is 9.47 Å². The van der Waals surface area contributed by atoms with Crippen LogP contribution in [0.3, 0.4) is 0 Å². The number of para-hydroxylation sites is 1. The van der Waals surface area contributed by atoms with Gasteiger partial charge in [-0.1, -0.05) is 18.2 Å². The van der Waals surface area contributed by atoms with Crippen molar-refractivity contribution in [1.29, 1.82) is 0 Å². The molecule has 0 heterocycles. The van der Waals surface area contributed by atoms with E-state index >= 15 is 0 Å². The predicted octanol–water partition coefficient (Wildman–Crippen LogP) is 4.36. The number of halogens is 1. The molecule has 5 heteroatoms. The van der Waals surface area contributed by atoms with E-state index in [2.05, 4.69) is 26.8 Å². The van der Waals surface area contributed by atoms with Crippen LogP contribution in [0, 0.1) is 0 Å². The summed E-state index contributed by atoms with van der Waals surface area (Å²) in [6, 6.07) is 14.0. The Bertz CT molecular complexity index is 603. The summed E-state index contributed by atoms with van der Waals surface area (Å²) in [5.41, 5.74) is 8.46. The molecule has 0 saturated carbocycles. The van der Waals surface area contributed by atoms with Crippen LogP contribution in [-0.4, -0.2) is 13.2 Å². The summed E-state index contributed by atoms with van der Waals surface area (Å²) < 4.78 is 12.1. The highest BCUT2D eigenvalue weighted by molar-refractivity contribution is 9.10. The first-order valence-electron chi connectivity index (χ1n) is 7.17. The van der Waals surface area contributed by atoms with E-state index in [1.54, 1.807) is 7.11 Å². The molecule has 22 heavy (non-hydrogen) atoms. The fourth-order valence-corrected chi connectivity index (χ4v) is 2.58. The molecule has 0 unspecified atom stereocenters. The van der Waals surface area contributed by atoms with Gasteiger partial charge in [-0.25, -0.2) is 5.43 Å². The maximum atomic E-state index is 5.79. The van der Waals surface area contributed by atoms with Gasteiger partial charge >= 0.3 is 0 Å². The lowest BCUT2D eigenvalue weighted by atomic mass is 10.2. The van der Waals surface area contributed by atoms with Crippen LogP contribution in [0.4, 0.5) is 5.69 Å². The molecule has 0 atom stereocenters. The molecule has 0 aliphatic heterocycles. The Morgan fingerprint density at radius 1 is 1.14 bits per heavy atom. The second kappa shape index (κ2) is 8.06. The molecule has 2 aromatic carbocycles. The SMILES string of the molecule is COc1cc(CNNc2ccccc2)cc(Br)c1OC(C)C. The van der Waals surface area contributed by atoms with E-state index < -0.39 is 0 Å². The molecule has 0 aliphatic rings. The van der Waals surface area contributed by atoms with Gasteiger partial charge in [-0.3, -0.25) is 0 Å². The summed E-state index contributed by atoms with van der Waals surface area (Å²) in [5, 5.41) is 0. The highest BCUT2D eigenvalue weighted by atomic mass is 79.9. The molecule has 0 amide bonds. The average Bonchev–Trinajstić information content (AvgIpc) is 2.50. The third-order valence-electron chi connectivity index (χ3n) is 2.94. The quantitative estimate of drug-likeness (QED) is 0.716. The number of ether oxygens (including phenoxy) is 2. The largest absolute Gasteiger partial charge is 0.493 e. The average molecular weight is 365 g/mol. The highest BCUT2D eigenvalue weighted by Gasteiger charge is 2.12. The topological polar surface area (TPSA) is 42.5 Å². The number of methoxy groups -OCH3 is 1. The van der Waals surface area contributed by atoms with Gasteiger partial charge in [-0.05, 0) is 59.6 Å². The van der Waals surface area contributed by atoms with Crippen LogP contribution in [0.15, 0.2) is 46.9 Å². The van der Waals surface area contributed by atoms with Crippen molar-refractivity contribution in [2.45, 2.75) is 26.5 Å². The fourth-order valence-electron chi connectivity index (χ4n) is 2.00. The van der Waals surface area contributed by atoms with Crippen molar-refractivity contribution in [3.63, 3.8) is 0 Å². The summed E-state index contributed by atoms with van der Waals surface area (Å²) in [7, 11) is 1.65. The molecule has 4 nitrogen and oxygen atoms in total. The molecule has 0 radical (unpaired) electrons. The van der Waals surface area contributed by atoms with E-state index in [9.17, 15) is 0 Å². The molecular weight excluding hydrogens is 344 g/mol. The smallest absolute Gasteiger partial charge is 0.175 e. The minimum Gasteiger partial charge on any atom is -0.493 e. The van der Waals surface area contributed by atoms with E-state index in [1.165, 1.54) is 0 Å². The van der Waals surface area contributed by atoms with Gasteiger partial charge in [0, 0.05) is 12.2 Å². The number of anilines is 1. The first-order valence-corrected chi connectivity index (χ1v) is 7.96. The molecule has 0 fully saturated rings. The van der Waals surface area contributed by atoms with Gasteiger partial charge in [0.15, 0.2) is 11.5 Å². The summed E-state index contributed by atoms with van der Waals surface area (Å²) in [5.74, 6) is 1.46. The molecule has 2 rings (SSSR count). The standard InChI is InChI=1S/C17H21BrN2O2/c1-12(2)22-17-15(18)9-13(10-16(17)21-3)11-19-20-14-7-5-4-6-8-14/h4-10,12,19-20H,11H2,1-3H3. The first-order chi connectivity index (χ1) is 10.6. The van der Waals surface area contributed by atoms with Crippen molar-refractivity contribution >= 4 is 21.6 Å². The molecule has 0 saturated heterocycles. The molecule has 118 valence electrons. The van der Waals surface area contributed by atoms with Crippen LogP contribution in [0.2, 0.25) is 0 Å². The van der Waals surface area contributed by atoms with Crippen molar-refractivity contribution in [1.82, 2.24) is 5.43 Å². The number of benzene rings is 2. The lowest BCUT2D eigenvalue weighted by Gasteiger charge is -2.17. The van der Waals surface area contributed by atoms with E-state index in [1.807, 2.05) is 56.3 Å². The fraction of sp³-hybridized carbons (Fsp3) is 0.294. The number of hydrogen-bond donors (Lipinski definition) is 2. The highest BCUT2D eigenvalue weighted by Crippen LogP contribution is 2.37. The van der Waals surface area contributed by atoms with Crippen LogP contribution >= 0.6 is 15.9 Å². The molecule has 2 aromatic rings. The van der Waals surface area contributed by atoms with Crippen LogP contribution in [0.25, 0.3) is 0 Å². The Kier molecular flexibility index (Phi) is 6.10. The predicted molar refractivity (Wildman–Crippen MR) is 93.4 cm³/mol. The summed E-state index contributed by atoms with van der Waals surface area (Å²) >= 11 is 3.55. The zero-order valence-corrected chi connectivity index (χ0v) is 14.6. The third-order valence-corrected chi connectivity index (χ3v) is 3.53. The maximum absolute atomic E-state index is 5.79. The summed E-state index contributed by atoms with van der Waals surface area (Å²) in [6.45, 7) is 4.64. The molecule has 0 bridgehead atoms.